The zero-order chi connectivity index (χ0) is 19.2. The summed E-state index contributed by atoms with van der Waals surface area (Å²) in [4.78, 5) is 9.14. The van der Waals surface area contributed by atoms with E-state index in [1.54, 1.807) is 12.5 Å². The number of halogens is 1. The highest BCUT2D eigenvalue weighted by Crippen LogP contribution is 2.10. The summed E-state index contributed by atoms with van der Waals surface area (Å²) in [7, 11) is 1.84. The Morgan fingerprint density at radius 2 is 1.93 bits per heavy atom. The Morgan fingerprint density at radius 3 is 2.55 bits per heavy atom. The van der Waals surface area contributed by atoms with E-state index in [0.717, 1.165) is 56.6 Å². The van der Waals surface area contributed by atoms with Crippen LogP contribution < -0.4 is 5.32 Å². The number of hydrogen-bond acceptors (Lipinski definition) is 5. The standard InChI is InChI=1S/C20H25N7O.HI/c1-21-20(26-12-10-25(11-13-26)16-18-7-14-28-24-18)22-15-17-3-5-19(6-4-17)27-9-2-8-23-27;/h2-9,14H,10-13,15-16H2,1H3,(H,21,22);1H. The molecule has 29 heavy (non-hydrogen) atoms. The molecule has 0 spiro atoms. The van der Waals surface area contributed by atoms with E-state index < -0.39 is 0 Å². The van der Waals surface area contributed by atoms with Gasteiger partial charge in [0.05, 0.1) is 11.4 Å². The molecule has 0 aliphatic carbocycles. The van der Waals surface area contributed by atoms with Gasteiger partial charge in [-0.15, -0.1) is 24.0 Å². The quantitative estimate of drug-likeness (QED) is 0.325. The Kier molecular flexibility index (Phi) is 7.64. The van der Waals surface area contributed by atoms with Crippen LogP contribution in [0.3, 0.4) is 0 Å². The van der Waals surface area contributed by atoms with Gasteiger partial charge in [-0.25, -0.2) is 4.68 Å². The van der Waals surface area contributed by atoms with E-state index in [2.05, 4.69) is 54.6 Å². The van der Waals surface area contributed by atoms with Crippen LogP contribution >= 0.6 is 24.0 Å². The fraction of sp³-hybridized carbons (Fsp3) is 0.350. The van der Waals surface area contributed by atoms with E-state index in [4.69, 9.17) is 4.52 Å². The molecule has 1 fully saturated rings. The van der Waals surface area contributed by atoms with Gasteiger partial charge in [0.15, 0.2) is 5.96 Å². The van der Waals surface area contributed by atoms with Crippen molar-refractivity contribution >= 4 is 29.9 Å². The lowest BCUT2D eigenvalue weighted by atomic mass is 10.2. The van der Waals surface area contributed by atoms with Crippen molar-refractivity contribution in [2.24, 2.45) is 4.99 Å². The van der Waals surface area contributed by atoms with Crippen molar-refractivity contribution in [3.63, 3.8) is 0 Å². The van der Waals surface area contributed by atoms with E-state index >= 15 is 0 Å². The number of aliphatic imine (C=N–C) groups is 1. The molecule has 1 aliphatic rings. The summed E-state index contributed by atoms with van der Waals surface area (Å²) in [5.74, 6) is 0.942. The van der Waals surface area contributed by atoms with Crippen molar-refractivity contribution in [2.45, 2.75) is 13.1 Å². The minimum atomic E-state index is 0. The molecule has 0 radical (unpaired) electrons. The lowest BCUT2D eigenvalue weighted by Crippen LogP contribution is -2.52. The lowest BCUT2D eigenvalue weighted by Gasteiger charge is -2.36. The predicted octanol–water partition coefficient (Wildman–Crippen LogP) is 2.37. The minimum Gasteiger partial charge on any atom is -0.364 e. The molecule has 1 saturated heterocycles. The molecule has 4 rings (SSSR count). The molecular weight excluding hydrogens is 481 g/mol. The highest BCUT2D eigenvalue weighted by Gasteiger charge is 2.20. The molecule has 9 heteroatoms. The fourth-order valence-electron chi connectivity index (χ4n) is 3.37. The summed E-state index contributed by atoms with van der Waals surface area (Å²) in [6.07, 6.45) is 5.35. The smallest absolute Gasteiger partial charge is 0.194 e. The zero-order valence-electron chi connectivity index (χ0n) is 16.4. The maximum absolute atomic E-state index is 4.91. The van der Waals surface area contributed by atoms with Gasteiger partial charge in [0, 0.05) is 64.8 Å². The Hall–Kier alpha value is -2.40. The first kappa shape index (κ1) is 21.3. The van der Waals surface area contributed by atoms with Crippen LogP contribution in [0.5, 0.6) is 0 Å². The average Bonchev–Trinajstić information content (AvgIpc) is 3.44. The predicted molar refractivity (Wildman–Crippen MR) is 123 cm³/mol. The zero-order valence-corrected chi connectivity index (χ0v) is 18.8. The molecule has 0 atom stereocenters. The number of hydrogen-bond donors (Lipinski definition) is 1. The van der Waals surface area contributed by atoms with Gasteiger partial charge in [-0.2, -0.15) is 5.10 Å². The number of benzene rings is 1. The molecule has 0 bridgehead atoms. The lowest BCUT2D eigenvalue weighted by molar-refractivity contribution is 0.169. The Balaban J connectivity index is 0.00000240. The average molecular weight is 507 g/mol. The number of nitrogens with zero attached hydrogens (tertiary/aromatic N) is 6. The molecule has 8 nitrogen and oxygen atoms in total. The van der Waals surface area contributed by atoms with Gasteiger partial charge in [-0.1, -0.05) is 17.3 Å². The molecule has 1 aliphatic heterocycles. The topological polar surface area (TPSA) is 74.7 Å². The summed E-state index contributed by atoms with van der Waals surface area (Å²) >= 11 is 0. The first-order valence-corrected chi connectivity index (χ1v) is 9.48. The maximum atomic E-state index is 4.91. The van der Waals surface area contributed by atoms with Gasteiger partial charge >= 0.3 is 0 Å². The number of aromatic nitrogens is 3. The minimum absolute atomic E-state index is 0. The summed E-state index contributed by atoms with van der Waals surface area (Å²) < 4.78 is 6.77. The fourth-order valence-corrected chi connectivity index (χ4v) is 3.37. The Bertz CT molecular complexity index is 870. The third-order valence-electron chi connectivity index (χ3n) is 4.92. The monoisotopic (exact) mass is 507 g/mol. The van der Waals surface area contributed by atoms with Crippen molar-refractivity contribution in [3.05, 3.63) is 66.3 Å². The van der Waals surface area contributed by atoms with Crippen LogP contribution in [-0.2, 0) is 13.1 Å². The number of piperazine rings is 1. The van der Waals surface area contributed by atoms with Gasteiger partial charge < -0.3 is 14.7 Å². The first-order valence-electron chi connectivity index (χ1n) is 9.48. The normalized spacial score (nSPS) is 15.2. The van der Waals surface area contributed by atoms with Crippen LogP contribution in [0.25, 0.3) is 5.69 Å². The first-order chi connectivity index (χ1) is 13.8. The summed E-state index contributed by atoms with van der Waals surface area (Å²) in [5.41, 5.74) is 3.25. The molecule has 1 N–H and O–H groups in total. The van der Waals surface area contributed by atoms with E-state index in [1.807, 2.05) is 30.1 Å². The highest BCUT2D eigenvalue weighted by atomic mass is 127. The van der Waals surface area contributed by atoms with Crippen LogP contribution in [0.4, 0.5) is 0 Å². The second-order valence-electron chi connectivity index (χ2n) is 6.77. The molecule has 0 saturated carbocycles. The number of nitrogens with one attached hydrogen (secondary N) is 1. The van der Waals surface area contributed by atoms with Crippen molar-refractivity contribution in [1.29, 1.82) is 0 Å². The molecule has 0 unspecified atom stereocenters. The molecule has 1 aromatic carbocycles. The van der Waals surface area contributed by atoms with Gasteiger partial charge in [0.25, 0.3) is 0 Å². The molecule has 154 valence electrons. The number of rotatable bonds is 5. The van der Waals surface area contributed by atoms with Crippen molar-refractivity contribution in [3.8, 4) is 5.69 Å². The molecule has 3 aromatic rings. The van der Waals surface area contributed by atoms with E-state index in [9.17, 15) is 0 Å². The maximum Gasteiger partial charge on any atom is 0.194 e. The summed E-state index contributed by atoms with van der Waals surface area (Å²) in [6, 6.07) is 12.2. The second-order valence-corrected chi connectivity index (χ2v) is 6.77. The van der Waals surface area contributed by atoms with Gasteiger partial charge in [0.1, 0.15) is 6.26 Å². The number of guanidine groups is 1. The van der Waals surface area contributed by atoms with Crippen molar-refractivity contribution in [1.82, 2.24) is 30.1 Å². The van der Waals surface area contributed by atoms with E-state index in [0.29, 0.717) is 0 Å². The van der Waals surface area contributed by atoms with Crippen LogP contribution in [0.2, 0.25) is 0 Å². The summed E-state index contributed by atoms with van der Waals surface area (Å²) in [5, 5.41) is 11.7. The van der Waals surface area contributed by atoms with Gasteiger partial charge in [0.2, 0.25) is 0 Å². The van der Waals surface area contributed by atoms with Gasteiger partial charge in [-0.3, -0.25) is 9.89 Å². The SMILES string of the molecule is CN=C(NCc1ccc(-n2cccn2)cc1)N1CCN(Cc2ccon2)CC1.I. The van der Waals surface area contributed by atoms with Crippen LogP contribution in [0.15, 0.2) is 64.6 Å². The van der Waals surface area contributed by atoms with Crippen LogP contribution in [0.1, 0.15) is 11.3 Å². The largest absolute Gasteiger partial charge is 0.364 e. The van der Waals surface area contributed by atoms with E-state index in [-0.39, 0.29) is 24.0 Å². The second kappa shape index (κ2) is 10.4. The molecular formula is C20H26IN7O. The third kappa shape index (κ3) is 5.57. The van der Waals surface area contributed by atoms with Gasteiger partial charge in [-0.05, 0) is 23.8 Å². The molecule has 0 amide bonds. The summed E-state index contributed by atoms with van der Waals surface area (Å²) in [6.45, 7) is 5.41. The Morgan fingerprint density at radius 1 is 1.14 bits per heavy atom. The van der Waals surface area contributed by atoms with E-state index in [1.165, 1.54) is 5.56 Å². The molecule has 2 aromatic heterocycles. The van der Waals surface area contributed by atoms with Crippen LogP contribution in [-0.4, -0.2) is 63.9 Å². The van der Waals surface area contributed by atoms with Crippen molar-refractivity contribution < 1.29 is 4.52 Å². The Labute approximate surface area is 187 Å². The highest BCUT2D eigenvalue weighted by molar-refractivity contribution is 14.0. The molecule has 3 heterocycles. The van der Waals surface area contributed by atoms with Crippen molar-refractivity contribution in [2.75, 3.05) is 33.2 Å². The third-order valence-corrected chi connectivity index (χ3v) is 4.92. The van der Waals surface area contributed by atoms with Crippen LogP contribution in [0, 0.1) is 0 Å².